The first kappa shape index (κ1) is 16.7. The van der Waals surface area contributed by atoms with Crippen molar-refractivity contribution in [2.24, 2.45) is 0 Å². The average molecular weight is 296 g/mol. The Morgan fingerprint density at radius 2 is 2.05 bits per heavy atom. The van der Waals surface area contributed by atoms with Crippen molar-refractivity contribution in [2.75, 3.05) is 31.7 Å². The number of nitro benzene ring substituents is 1. The molecule has 1 rings (SSSR count). The van der Waals surface area contributed by atoms with Crippen LogP contribution in [0.5, 0.6) is 5.75 Å². The zero-order chi connectivity index (χ0) is 15.8. The second-order valence-corrected chi connectivity index (χ2v) is 4.38. The molecule has 1 aromatic carbocycles. The van der Waals surface area contributed by atoms with Gasteiger partial charge in [0.05, 0.1) is 24.7 Å². The van der Waals surface area contributed by atoms with Crippen molar-refractivity contribution in [2.45, 2.75) is 20.3 Å². The minimum absolute atomic E-state index is 0.0292. The van der Waals surface area contributed by atoms with E-state index in [4.69, 9.17) is 4.74 Å². The van der Waals surface area contributed by atoms with Gasteiger partial charge in [-0.3, -0.25) is 14.9 Å². The van der Waals surface area contributed by atoms with Crippen molar-refractivity contribution >= 4 is 17.3 Å². The summed E-state index contributed by atoms with van der Waals surface area (Å²) >= 11 is 0. The number of nitrogens with zero attached hydrogens (tertiary/aromatic N) is 2. The highest BCUT2D eigenvalue weighted by Gasteiger charge is 2.16. The van der Waals surface area contributed by atoms with Crippen LogP contribution in [-0.4, -0.2) is 37.7 Å². The Bertz CT molecular complexity index is 504. The van der Waals surface area contributed by atoms with Gasteiger partial charge in [-0.2, -0.15) is 0 Å². The van der Waals surface area contributed by atoms with Crippen molar-refractivity contribution in [3.8, 4) is 5.75 Å². The Morgan fingerprint density at radius 1 is 1.33 bits per heavy atom. The molecule has 0 unspecified atom stereocenters. The van der Waals surface area contributed by atoms with Crippen LogP contribution in [0.3, 0.4) is 0 Å². The lowest BCUT2D eigenvalue weighted by Crippen LogP contribution is -2.30. The summed E-state index contributed by atoms with van der Waals surface area (Å²) in [5.74, 6) is 0.0174. The maximum absolute atomic E-state index is 11.4. The first-order valence-electron chi connectivity index (χ1n) is 6.75. The van der Waals surface area contributed by atoms with Gasteiger partial charge < -0.3 is 14.4 Å². The number of carbonyl (C=O) groups is 1. The Morgan fingerprint density at radius 3 is 2.57 bits per heavy atom. The standard InChI is InChI=1S/C14H20N2O5/c1-4-6-21-13-8-11(7-12(9-13)16(18)19)15(5-2)10-14(17)20-3/h7-9H,4-6,10H2,1-3H3. The lowest BCUT2D eigenvalue weighted by Gasteiger charge is -2.22. The molecule has 0 radical (unpaired) electrons. The quantitative estimate of drug-likeness (QED) is 0.416. The second kappa shape index (κ2) is 8.08. The normalized spacial score (nSPS) is 10.0. The molecule has 21 heavy (non-hydrogen) atoms. The zero-order valence-corrected chi connectivity index (χ0v) is 12.5. The fraction of sp³-hybridized carbons (Fsp3) is 0.500. The molecule has 0 heterocycles. The van der Waals surface area contributed by atoms with Crippen LogP contribution in [0.1, 0.15) is 20.3 Å². The van der Waals surface area contributed by atoms with Gasteiger partial charge in [0.2, 0.25) is 0 Å². The topological polar surface area (TPSA) is 81.9 Å². The second-order valence-electron chi connectivity index (χ2n) is 4.38. The molecule has 0 aliphatic carbocycles. The van der Waals surface area contributed by atoms with Gasteiger partial charge in [0.25, 0.3) is 5.69 Å². The number of benzene rings is 1. The Hall–Kier alpha value is -2.31. The van der Waals surface area contributed by atoms with Gasteiger partial charge in [0.1, 0.15) is 12.3 Å². The van der Waals surface area contributed by atoms with Crippen molar-refractivity contribution in [1.82, 2.24) is 0 Å². The number of anilines is 1. The van der Waals surface area contributed by atoms with Gasteiger partial charge in [-0.15, -0.1) is 0 Å². The number of hydrogen-bond acceptors (Lipinski definition) is 6. The van der Waals surface area contributed by atoms with Gasteiger partial charge >= 0.3 is 5.97 Å². The van der Waals surface area contributed by atoms with Crippen LogP contribution in [0, 0.1) is 10.1 Å². The van der Waals surface area contributed by atoms with Crippen LogP contribution in [0.25, 0.3) is 0 Å². The van der Waals surface area contributed by atoms with E-state index in [0.717, 1.165) is 6.42 Å². The number of methoxy groups -OCH3 is 1. The van der Waals surface area contributed by atoms with Crippen LogP contribution < -0.4 is 9.64 Å². The Labute approximate surface area is 123 Å². The fourth-order valence-corrected chi connectivity index (χ4v) is 1.77. The molecule has 0 atom stereocenters. The number of hydrogen-bond donors (Lipinski definition) is 0. The number of likely N-dealkylation sites (N-methyl/N-ethyl adjacent to an activating group) is 1. The van der Waals surface area contributed by atoms with Gasteiger partial charge in [0.15, 0.2) is 0 Å². The summed E-state index contributed by atoms with van der Waals surface area (Å²) in [6.45, 7) is 4.83. The molecule has 0 saturated carbocycles. The number of non-ortho nitro benzene ring substituents is 1. The SMILES string of the molecule is CCCOc1cc(N(CC)CC(=O)OC)cc([N+](=O)[O-])c1. The first-order valence-corrected chi connectivity index (χ1v) is 6.75. The number of esters is 1. The van der Waals surface area contributed by atoms with Crippen LogP contribution in [-0.2, 0) is 9.53 Å². The average Bonchev–Trinajstić information content (AvgIpc) is 2.49. The number of nitro groups is 1. The molecule has 7 nitrogen and oxygen atoms in total. The van der Waals surface area contributed by atoms with E-state index >= 15 is 0 Å². The van der Waals surface area contributed by atoms with E-state index in [0.29, 0.717) is 24.6 Å². The molecule has 0 aliphatic heterocycles. The molecule has 1 aromatic rings. The fourth-order valence-electron chi connectivity index (χ4n) is 1.77. The van der Waals surface area contributed by atoms with E-state index in [1.54, 1.807) is 11.0 Å². The van der Waals surface area contributed by atoms with Crippen molar-refractivity contribution in [3.05, 3.63) is 28.3 Å². The minimum atomic E-state index is -0.478. The summed E-state index contributed by atoms with van der Waals surface area (Å²) in [5, 5.41) is 11.0. The molecular formula is C14H20N2O5. The lowest BCUT2D eigenvalue weighted by molar-refractivity contribution is -0.384. The highest BCUT2D eigenvalue weighted by Crippen LogP contribution is 2.28. The molecule has 0 N–H and O–H groups in total. The Balaban J connectivity index is 3.09. The Kier molecular flexibility index (Phi) is 6.45. The third-order valence-electron chi connectivity index (χ3n) is 2.85. The van der Waals surface area contributed by atoms with Crippen LogP contribution in [0.15, 0.2) is 18.2 Å². The predicted octanol–water partition coefficient (Wildman–Crippen LogP) is 2.38. The highest BCUT2D eigenvalue weighted by atomic mass is 16.6. The van der Waals surface area contributed by atoms with E-state index in [-0.39, 0.29) is 12.2 Å². The largest absolute Gasteiger partial charge is 0.493 e. The van der Waals surface area contributed by atoms with Crippen molar-refractivity contribution in [3.63, 3.8) is 0 Å². The summed E-state index contributed by atoms with van der Waals surface area (Å²) < 4.78 is 10.1. The van der Waals surface area contributed by atoms with Gasteiger partial charge in [-0.25, -0.2) is 0 Å². The van der Waals surface area contributed by atoms with E-state index in [1.165, 1.54) is 19.2 Å². The minimum Gasteiger partial charge on any atom is -0.493 e. The van der Waals surface area contributed by atoms with Crippen LogP contribution in [0.4, 0.5) is 11.4 Å². The number of carbonyl (C=O) groups excluding carboxylic acids is 1. The molecule has 0 spiro atoms. The van der Waals surface area contributed by atoms with E-state index in [1.807, 2.05) is 13.8 Å². The van der Waals surface area contributed by atoms with Crippen molar-refractivity contribution in [1.29, 1.82) is 0 Å². The zero-order valence-electron chi connectivity index (χ0n) is 12.5. The third kappa shape index (κ3) is 4.94. The molecule has 7 heteroatoms. The molecule has 0 bridgehead atoms. The van der Waals surface area contributed by atoms with E-state index in [9.17, 15) is 14.9 Å². The van der Waals surface area contributed by atoms with E-state index in [2.05, 4.69) is 4.74 Å². The predicted molar refractivity (Wildman–Crippen MR) is 78.8 cm³/mol. The van der Waals surface area contributed by atoms with Gasteiger partial charge in [-0.05, 0) is 13.3 Å². The summed E-state index contributed by atoms with van der Waals surface area (Å²) in [5.41, 5.74) is 0.491. The van der Waals surface area contributed by atoms with Crippen LogP contribution in [0.2, 0.25) is 0 Å². The van der Waals surface area contributed by atoms with Crippen LogP contribution >= 0.6 is 0 Å². The van der Waals surface area contributed by atoms with E-state index < -0.39 is 10.9 Å². The van der Waals surface area contributed by atoms with Crippen molar-refractivity contribution < 1.29 is 19.2 Å². The lowest BCUT2D eigenvalue weighted by atomic mass is 10.2. The smallest absolute Gasteiger partial charge is 0.325 e. The summed E-state index contributed by atoms with van der Waals surface area (Å²) in [7, 11) is 1.30. The monoisotopic (exact) mass is 296 g/mol. The maximum atomic E-state index is 11.4. The van der Waals surface area contributed by atoms with Gasteiger partial charge in [0, 0.05) is 24.4 Å². The molecule has 0 saturated heterocycles. The number of ether oxygens (including phenoxy) is 2. The molecule has 0 fully saturated rings. The molecule has 116 valence electrons. The molecule has 0 aromatic heterocycles. The first-order chi connectivity index (χ1) is 10.0. The molecular weight excluding hydrogens is 276 g/mol. The molecule has 0 amide bonds. The molecule has 0 aliphatic rings. The summed E-state index contributed by atoms with van der Waals surface area (Å²) in [4.78, 5) is 23.6. The maximum Gasteiger partial charge on any atom is 0.325 e. The summed E-state index contributed by atoms with van der Waals surface area (Å²) in [6, 6.07) is 4.49. The van der Waals surface area contributed by atoms with Gasteiger partial charge in [-0.1, -0.05) is 6.92 Å². The number of rotatable bonds is 8. The third-order valence-corrected chi connectivity index (χ3v) is 2.85. The highest BCUT2D eigenvalue weighted by molar-refractivity contribution is 5.76. The summed E-state index contributed by atoms with van der Waals surface area (Å²) in [6.07, 6.45) is 0.803.